The van der Waals surface area contributed by atoms with Gasteiger partial charge in [-0.05, 0) is 26.7 Å². The second kappa shape index (κ2) is 6.21. The first kappa shape index (κ1) is 13.5. The van der Waals surface area contributed by atoms with Crippen LogP contribution in [0.4, 0.5) is 0 Å². The number of aliphatic hydroxyl groups excluding tert-OH is 1. The highest BCUT2D eigenvalue weighted by Crippen LogP contribution is 2.21. The third kappa shape index (κ3) is 3.19. The van der Waals surface area contributed by atoms with Gasteiger partial charge in [0, 0.05) is 12.6 Å². The van der Waals surface area contributed by atoms with E-state index in [0.717, 1.165) is 19.4 Å². The van der Waals surface area contributed by atoms with Gasteiger partial charge in [-0.15, -0.1) is 0 Å². The number of ether oxygens (including phenoxy) is 1. The summed E-state index contributed by atoms with van der Waals surface area (Å²) in [6.07, 6.45) is 1.98. The number of carbonyl (C=O) groups excluding carboxylic acids is 1. The van der Waals surface area contributed by atoms with Crippen LogP contribution in [-0.4, -0.2) is 47.3 Å². The van der Waals surface area contributed by atoms with Gasteiger partial charge < -0.3 is 9.84 Å². The van der Waals surface area contributed by atoms with Gasteiger partial charge in [0.05, 0.1) is 12.7 Å². The highest BCUT2D eigenvalue weighted by atomic mass is 16.5. The lowest BCUT2D eigenvalue weighted by atomic mass is 10.1. The molecule has 4 nitrogen and oxygen atoms in total. The Morgan fingerprint density at radius 1 is 1.56 bits per heavy atom. The van der Waals surface area contributed by atoms with Gasteiger partial charge in [-0.1, -0.05) is 13.3 Å². The van der Waals surface area contributed by atoms with E-state index in [-0.39, 0.29) is 12.0 Å². The lowest BCUT2D eigenvalue weighted by molar-refractivity contribution is -0.152. The van der Waals surface area contributed by atoms with Gasteiger partial charge in [0.15, 0.2) is 0 Å². The van der Waals surface area contributed by atoms with Crippen molar-refractivity contribution in [2.24, 2.45) is 0 Å². The molecule has 0 aromatic rings. The Labute approximate surface area is 97.6 Å². The van der Waals surface area contributed by atoms with Gasteiger partial charge in [0.2, 0.25) is 0 Å². The molecule has 0 radical (unpaired) electrons. The third-order valence-corrected chi connectivity index (χ3v) is 3.05. The number of nitrogens with zero attached hydrogens (tertiary/aromatic N) is 1. The molecule has 0 spiro atoms. The first-order chi connectivity index (χ1) is 7.57. The standard InChI is InChI=1S/C12H23NO3/c1-4-5-8-16-12(15)11-10(14)6-7-13(11)9(2)3/h9-11,14H,4-8H2,1-3H3/t10-,11-/m0/s1. The zero-order valence-corrected chi connectivity index (χ0v) is 10.5. The van der Waals surface area contributed by atoms with Crippen LogP contribution in [0.15, 0.2) is 0 Å². The molecule has 1 saturated heterocycles. The van der Waals surface area contributed by atoms with Crippen molar-refractivity contribution in [3.8, 4) is 0 Å². The van der Waals surface area contributed by atoms with Gasteiger partial charge in [0.1, 0.15) is 6.04 Å². The van der Waals surface area contributed by atoms with Crippen molar-refractivity contribution in [1.29, 1.82) is 0 Å². The van der Waals surface area contributed by atoms with E-state index >= 15 is 0 Å². The Kier molecular flexibility index (Phi) is 5.22. The van der Waals surface area contributed by atoms with Crippen molar-refractivity contribution in [2.45, 2.75) is 58.2 Å². The molecule has 1 N–H and O–H groups in total. The normalized spacial score (nSPS) is 26.3. The molecule has 2 atom stereocenters. The van der Waals surface area contributed by atoms with E-state index in [1.165, 1.54) is 0 Å². The number of carbonyl (C=O) groups is 1. The third-order valence-electron chi connectivity index (χ3n) is 3.05. The van der Waals surface area contributed by atoms with E-state index < -0.39 is 12.1 Å². The molecular formula is C12H23NO3. The number of esters is 1. The summed E-state index contributed by atoms with van der Waals surface area (Å²) in [5.74, 6) is -0.271. The monoisotopic (exact) mass is 229 g/mol. The van der Waals surface area contributed by atoms with Crippen LogP contribution >= 0.6 is 0 Å². The summed E-state index contributed by atoms with van der Waals surface area (Å²) in [5.41, 5.74) is 0. The quantitative estimate of drug-likeness (QED) is 0.568. The Morgan fingerprint density at radius 3 is 2.81 bits per heavy atom. The van der Waals surface area contributed by atoms with Crippen molar-refractivity contribution in [1.82, 2.24) is 4.90 Å². The maximum absolute atomic E-state index is 11.8. The Balaban J connectivity index is 2.50. The van der Waals surface area contributed by atoms with Crippen LogP contribution < -0.4 is 0 Å². The Morgan fingerprint density at radius 2 is 2.25 bits per heavy atom. The van der Waals surface area contributed by atoms with Crippen LogP contribution in [0.2, 0.25) is 0 Å². The zero-order chi connectivity index (χ0) is 12.1. The van der Waals surface area contributed by atoms with Gasteiger partial charge in [-0.25, -0.2) is 0 Å². The molecular weight excluding hydrogens is 206 g/mol. The minimum absolute atomic E-state index is 0.265. The SMILES string of the molecule is CCCCOC(=O)[C@@H]1[C@@H](O)CCN1C(C)C. The molecule has 1 aliphatic heterocycles. The summed E-state index contributed by atoms with van der Waals surface area (Å²) in [7, 11) is 0. The van der Waals surface area contributed by atoms with Gasteiger partial charge >= 0.3 is 5.97 Å². The largest absolute Gasteiger partial charge is 0.464 e. The van der Waals surface area contributed by atoms with E-state index in [0.29, 0.717) is 13.0 Å². The Bertz CT molecular complexity index is 230. The molecule has 0 unspecified atom stereocenters. The molecule has 0 bridgehead atoms. The average Bonchev–Trinajstić information content (AvgIpc) is 2.60. The summed E-state index contributed by atoms with van der Waals surface area (Å²) in [6, 6.07) is -0.197. The Hall–Kier alpha value is -0.610. The fraction of sp³-hybridized carbons (Fsp3) is 0.917. The topological polar surface area (TPSA) is 49.8 Å². The van der Waals surface area contributed by atoms with E-state index in [1.807, 2.05) is 18.7 Å². The van der Waals surface area contributed by atoms with Crippen molar-refractivity contribution >= 4 is 5.97 Å². The first-order valence-electron chi connectivity index (χ1n) is 6.18. The van der Waals surface area contributed by atoms with Gasteiger partial charge in [0.25, 0.3) is 0 Å². The molecule has 0 aromatic carbocycles. The maximum Gasteiger partial charge on any atom is 0.326 e. The van der Waals surface area contributed by atoms with E-state index in [4.69, 9.17) is 4.74 Å². The highest BCUT2D eigenvalue weighted by molar-refractivity contribution is 5.77. The minimum atomic E-state index is -0.573. The molecule has 0 saturated carbocycles. The first-order valence-corrected chi connectivity index (χ1v) is 6.18. The number of rotatable bonds is 5. The smallest absolute Gasteiger partial charge is 0.326 e. The summed E-state index contributed by atoms with van der Waals surface area (Å²) >= 11 is 0. The van der Waals surface area contributed by atoms with Gasteiger partial charge in [-0.3, -0.25) is 9.69 Å². The second-order valence-electron chi connectivity index (χ2n) is 4.65. The second-order valence-corrected chi connectivity index (χ2v) is 4.65. The summed E-state index contributed by atoms with van der Waals surface area (Å²) < 4.78 is 5.18. The van der Waals surface area contributed by atoms with Crippen molar-refractivity contribution in [3.05, 3.63) is 0 Å². The van der Waals surface area contributed by atoms with E-state index in [9.17, 15) is 9.90 Å². The van der Waals surface area contributed by atoms with Crippen LogP contribution in [0, 0.1) is 0 Å². The lowest BCUT2D eigenvalue weighted by Crippen LogP contribution is -2.46. The number of unbranched alkanes of at least 4 members (excludes halogenated alkanes) is 1. The fourth-order valence-electron chi connectivity index (χ4n) is 2.07. The average molecular weight is 229 g/mol. The number of likely N-dealkylation sites (tertiary alicyclic amines) is 1. The summed E-state index contributed by atoms with van der Waals surface area (Å²) in [4.78, 5) is 13.8. The predicted molar refractivity (Wildman–Crippen MR) is 62.1 cm³/mol. The number of hydrogen-bond acceptors (Lipinski definition) is 4. The molecule has 1 fully saturated rings. The van der Waals surface area contributed by atoms with E-state index in [2.05, 4.69) is 6.92 Å². The fourth-order valence-corrected chi connectivity index (χ4v) is 2.07. The van der Waals surface area contributed by atoms with Crippen molar-refractivity contribution in [2.75, 3.05) is 13.2 Å². The van der Waals surface area contributed by atoms with Crippen LogP contribution in [0.1, 0.15) is 40.0 Å². The molecule has 0 aliphatic carbocycles. The molecule has 1 heterocycles. The number of hydrogen-bond donors (Lipinski definition) is 1. The maximum atomic E-state index is 11.8. The summed E-state index contributed by atoms with van der Waals surface area (Å²) in [5, 5.41) is 9.79. The molecule has 0 aromatic heterocycles. The predicted octanol–water partition coefficient (Wildman–Crippen LogP) is 1.17. The van der Waals surface area contributed by atoms with Crippen LogP contribution in [0.3, 0.4) is 0 Å². The zero-order valence-electron chi connectivity index (χ0n) is 10.5. The van der Waals surface area contributed by atoms with Gasteiger partial charge in [-0.2, -0.15) is 0 Å². The molecule has 1 rings (SSSR count). The lowest BCUT2D eigenvalue weighted by Gasteiger charge is -2.27. The van der Waals surface area contributed by atoms with Crippen LogP contribution in [0.25, 0.3) is 0 Å². The summed E-state index contributed by atoms with van der Waals surface area (Å²) in [6.45, 7) is 7.35. The van der Waals surface area contributed by atoms with Crippen LogP contribution in [0.5, 0.6) is 0 Å². The molecule has 16 heavy (non-hydrogen) atoms. The van der Waals surface area contributed by atoms with Crippen LogP contribution in [-0.2, 0) is 9.53 Å². The van der Waals surface area contributed by atoms with Crippen molar-refractivity contribution < 1.29 is 14.6 Å². The molecule has 0 amide bonds. The van der Waals surface area contributed by atoms with E-state index in [1.54, 1.807) is 0 Å². The molecule has 94 valence electrons. The molecule has 1 aliphatic rings. The molecule has 4 heteroatoms. The minimum Gasteiger partial charge on any atom is -0.464 e. The highest BCUT2D eigenvalue weighted by Gasteiger charge is 2.40. The number of aliphatic hydroxyl groups is 1. The van der Waals surface area contributed by atoms with Crippen molar-refractivity contribution in [3.63, 3.8) is 0 Å².